The van der Waals surface area contributed by atoms with Crippen LogP contribution in [0.5, 0.6) is 5.75 Å². The van der Waals surface area contributed by atoms with Gasteiger partial charge in [0.1, 0.15) is 5.75 Å². The molecule has 0 unspecified atom stereocenters. The monoisotopic (exact) mass is 285 g/mol. The zero-order valence-electron chi connectivity index (χ0n) is 11.6. The van der Waals surface area contributed by atoms with Gasteiger partial charge in [-0.2, -0.15) is 0 Å². The molecule has 0 aromatic heterocycles. The van der Waals surface area contributed by atoms with Crippen molar-refractivity contribution in [3.8, 4) is 5.75 Å². The van der Waals surface area contributed by atoms with Crippen LogP contribution >= 0.6 is 0 Å². The lowest BCUT2D eigenvalue weighted by Gasteiger charge is -2.18. The number of rotatable bonds is 4. The first-order chi connectivity index (χ1) is 8.63. The van der Waals surface area contributed by atoms with E-state index in [-0.39, 0.29) is 11.3 Å². The second kappa shape index (κ2) is 5.61. The third-order valence-corrected chi connectivity index (χ3v) is 3.97. The molecule has 6 heteroatoms. The van der Waals surface area contributed by atoms with Crippen LogP contribution in [0.1, 0.15) is 31.1 Å². The highest BCUT2D eigenvalue weighted by Crippen LogP contribution is 2.16. The standard InChI is InChI=1S/C13H19NO4S/c1-13(2,3)9-19(16,17)14-12(15)10-5-7-11(18-4)8-6-10/h5-8H,9H2,1-4H3,(H,14,15). The Labute approximate surface area is 114 Å². The lowest BCUT2D eigenvalue weighted by atomic mass is 10.0. The van der Waals surface area contributed by atoms with E-state index < -0.39 is 21.3 Å². The lowest BCUT2D eigenvalue weighted by Crippen LogP contribution is -2.36. The molecule has 0 spiro atoms. The van der Waals surface area contributed by atoms with Crippen LogP contribution in [0.2, 0.25) is 0 Å². The van der Waals surface area contributed by atoms with E-state index in [1.165, 1.54) is 19.2 Å². The fraction of sp³-hybridized carbons (Fsp3) is 0.462. The van der Waals surface area contributed by atoms with Crippen LogP contribution in [-0.2, 0) is 10.0 Å². The molecule has 0 heterocycles. The number of sulfonamides is 1. The van der Waals surface area contributed by atoms with Gasteiger partial charge in [-0.05, 0) is 29.7 Å². The number of methoxy groups -OCH3 is 1. The molecule has 0 aliphatic carbocycles. The number of nitrogens with one attached hydrogen (secondary N) is 1. The molecule has 1 amide bonds. The molecule has 0 saturated carbocycles. The number of amides is 1. The van der Waals surface area contributed by atoms with Gasteiger partial charge >= 0.3 is 0 Å². The van der Waals surface area contributed by atoms with E-state index in [1.54, 1.807) is 32.9 Å². The highest BCUT2D eigenvalue weighted by molar-refractivity contribution is 7.90. The maximum absolute atomic E-state index is 11.8. The van der Waals surface area contributed by atoms with Gasteiger partial charge in [0.15, 0.2) is 0 Å². The normalized spacial score (nSPS) is 12.0. The quantitative estimate of drug-likeness (QED) is 0.915. The first-order valence-electron chi connectivity index (χ1n) is 5.82. The predicted molar refractivity (Wildman–Crippen MR) is 73.7 cm³/mol. The molecule has 1 aromatic rings. The smallest absolute Gasteiger partial charge is 0.264 e. The molecule has 0 saturated heterocycles. The molecule has 0 fully saturated rings. The third kappa shape index (κ3) is 5.30. The summed E-state index contributed by atoms with van der Waals surface area (Å²) in [7, 11) is -2.12. The van der Waals surface area contributed by atoms with Crippen molar-refractivity contribution in [2.45, 2.75) is 20.8 Å². The number of hydrogen-bond donors (Lipinski definition) is 1. The minimum atomic E-state index is -3.63. The van der Waals surface area contributed by atoms with Gasteiger partial charge in [0.05, 0.1) is 12.9 Å². The van der Waals surface area contributed by atoms with E-state index >= 15 is 0 Å². The number of benzene rings is 1. The molecule has 0 atom stereocenters. The lowest BCUT2D eigenvalue weighted by molar-refractivity contribution is 0.0981. The minimum absolute atomic E-state index is 0.109. The zero-order chi connectivity index (χ0) is 14.7. The molecule has 19 heavy (non-hydrogen) atoms. The van der Waals surface area contributed by atoms with Crippen LogP contribution < -0.4 is 9.46 Å². The van der Waals surface area contributed by atoms with Crippen molar-refractivity contribution in [2.75, 3.05) is 12.9 Å². The van der Waals surface area contributed by atoms with Gasteiger partial charge in [0, 0.05) is 5.56 Å². The van der Waals surface area contributed by atoms with Crippen LogP contribution in [0.25, 0.3) is 0 Å². The first kappa shape index (κ1) is 15.5. The Hall–Kier alpha value is -1.56. The van der Waals surface area contributed by atoms with Gasteiger partial charge < -0.3 is 4.74 Å². The Bertz CT molecular complexity index is 541. The maximum Gasteiger partial charge on any atom is 0.264 e. The molecule has 5 nitrogen and oxygen atoms in total. The minimum Gasteiger partial charge on any atom is -0.497 e. The summed E-state index contributed by atoms with van der Waals surface area (Å²) in [5.74, 6) is -0.136. The molecule has 1 N–H and O–H groups in total. The first-order valence-corrected chi connectivity index (χ1v) is 7.47. The van der Waals surface area contributed by atoms with Gasteiger partial charge in [-0.3, -0.25) is 4.79 Å². The number of carbonyl (C=O) groups excluding carboxylic acids is 1. The Balaban J connectivity index is 2.79. The van der Waals surface area contributed by atoms with Crippen molar-refractivity contribution in [2.24, 2.45) is 5.41 Å². The second-order valence-electron chi connectivity index (χ2n) is 5.48. The number of hydrogen-bond acceptors (Lipinski definition) is 4. The number of ether oxygens (including phenoxy) is 1. The third-order valence-electron chi connectivity index (χ3n) is 2.22. The highest BCUT2D eigenvalue weighted by Gasteiger charge is 2.23. The van der Waals surface area contributed by atoms with Gasteiger partial charge in [0.25, 0.3) is 5.91 Å². The molecule has 0 aliphatic rings. The molecule has 1 rings (SSSR count). The van der Waals surface area contributed by atoms with E-state index in [2.05, 4.69) is 4.72 Å². The van der Waals surface area contributed by atoms with Crippen LogP contribution in [0.4, 0.5) is 0 Å². The molecular weight excluding hydrogens is 266 g/mol. The topological polar surface area (TPSA) is 72.5 Å². The fourth-order valence-corrected chi connectivity index (χ4v) is 3.16. The van der Waals surface area contributed by atoms with Gasteiger partial charge in [-0.1, -0.05) is 20.8 Å². The average molecular weight is 285 g/mol. The molecule has 0 radical (unpaired) electrons. The Morgan fingerprint density at radius 1 is 1.21 bits per heavy atom. The summed E-state index contributed by atoms with van der Waals surface area (Å²) in [5, 5.41) is 0. The summed E-state index contributed by atoms with van der Waals surface area (Å²) in [6.07, 6.45) is 0. The van der Waals surface area contributed by atoms with Gasteiger partial charge in [-0.25, -0.2) is 13.1 Å². The molecule has 106 valence electrons. The summed E-state index contributed by atoms with van der Waals surface area (Å²) in [4.78, 5) is 11.8. The highest BCUT2D eigenvalue weighted by atomic mass is 32.2. The van der Waals surface area contributed by atoms with E-state index in [1.807, 2.05) is 0 Å². The van der Waals surface area contributed by atoms with Crippen molar-refractivity contribution in [1.29, 1.82) is 0 Å². The average Bonchev–Trinajstić information content (AvgIpc) is 2.25. The van der Waals surface area contributed by atoms with E-state index in [9.17, 15) is 13.2 Å². The summed E-state index contributed by atoms with van der Waals surface area (Å²) in [6.45, 7) is 5.39. The summed E-state index contributed by atoms with van der Waals surface area (Å²) < 4.78 is 30.6. The zero-order valence-corrected chi connectivity index (χ0v) is 12.4. The largest absolute Gasteiger partial charge is 0.497 e. The second-order valence-corrected chi connectivity index (χ2v) is 7.20. The molecular formula is C13H19NO4S. The summed E-state index contributed by atoms with van der Waals surface area (Å²) >= 11 is 0. The van der Waals surface area contributed by atoms with Crippen molar-refractivity contribution >= 4 is 15.9 Å². The van der Waals surface area contributed by atoms with Crippen molar-refractivity contribution < 1.29 is 17.9 Å². The predicted octanol–water partition coefficient (Wildman–Crippen LogP) is 1.80. The van der Waals surface area contributed by atoms with E-state index in [0.29, 0.717) is 5.75 Å². The SMILES string of the molecule is COc1ccc(C(=O)NS(=O)(=O)CC(C)(C)C)cc1. The molecule has 0 bridgehead atoms. The Morgan fingerprint density at radius 2 is 1.74 bits per heavy atom. The summed E-state index contributed by atoms with van der Waals surface area (Å²) in [5.41, 5.74) is -0.135. The fourth-order valence-electron chi connectivity index (χ4n) is 1.55. The van der Waals surface area contributed by atoms with E-state index in [4.69, 9.17) is 4.74 Å². The van der Waals surface area contributed by atoms with Gasteiger partial charge in [-0.15, -0.1) is 0 Å². The number of carbonyl (C=O) groups is 1. The molecule has 0 aliphatic heterocycles. The Kier molecular flexibility index (Phi) is 4.57. The van der Waals surface area contributed by atoms with E-state index in [0.717, 1.165) is 0 Å². The van der Waals surface area contributed by atoms with Crippen molar-refractivity contribution in [3.63, 3.8) is 0 Å². The van der Waals surface area contributed by atoms with Crippen molar-refractivity contribution in [3.05, 3.63) is 29.8 Å². The van der Waals surface area contributed by atoms with Crippen molar-refractivity contribution in [1.82, 2.24) is 4.72 Å². The van der Waals surface area contributed by atoms with Crippen LogP contribution in [0, 0.1) is 5.41 Å². The van der Waals surface area contributed by atoms with Crippen LogP contribution in [0.3, 0.4) is 0 Å². The Morgan fingerprint density at radius 3 is 2.16 bits per heavy atom. The van der Waals surface area contributed by atoms with Crippen LogP contribution in [0.15, 0.2) is 24.3 Å². The van der Waals surface area contributed by atoms with Crippen LogP contribution in [-0.4, -0.2) is 27.2 Å². The summed E-state index contributed by atoms with van der Waals surface area (Å²) in [6, 6.07) is 6.23. The van der Waals surface area contributed by atoms with Gasteiger partial charge in [0.2, 0.25) is 10.0 Å². The maximum atomic E-state index is 11.8. The molecule has 1 aromatic carbocycles.